The number of rotatable bonds is 7. The molecule has 3 rings (SSSR count). The number of ether oxygens (including phenoxy) is 1. The number of benzene rings is 2. The summed E-state index contributed by atoms with van der Waals surface area (Å²) in [5.41, 5.74) is 3.16. The molecule has 1 aliphatic rings. The summed E-state index contributed by atoms with van der Waals surface area (Å²) in [6.45, 7) is 0.725. The van der Waals surface area contributed by atoms with E-state index in [0.29, 0.717) is 30.0 Å². The van der Waals surface area contributed by atoms with E-state index in [1.54, 1.807) is 24.3 Å². The van der Waals surface area contributed by atoms with E-state index in [1.807, 2.05) is 0 Å². The summed E-state index contributed by atoms with van der Waals surface area (Å²) >= 11 is 0. The predicted molar refractivity (Wildman–Crippen MR) is 103 cm³/mol. The fourth-order valence-corrected chi connectivity index (χ4v) is 2.96. The zero-order valence-corrected chi connectivity index (χ0v) is 15.5. The van der Waals surface area contributed by atoms with Crippen molar-refractivity contribution >= 4 is 29.4 Å². The Balaban J connectivity index is 1.75. The molecule has 1 fully saturated rings. The lowest BCUT2D eigenvalue weighted by Crippen LogP contribution is -2.32. The number of hydrogen-bond acceptors (Lipinski definition) is 4. The third-order valence-corrected chi connectivity index (χ3v) is 4.36. The lowest BCUT2D eigenvalue weighted by atomic mass is 10.1. The standard InChI is InChI=1S/C20H18F3N3O4/c21-18(22)19(23)30-15-8-6-14(7-9-15)25-11-12-26(20(25)28)16-4-2-1-3-13(16)5-10-17(27)24-29/h1-10,18-19,29H,11-12H2,(H,24,27)/b10-5+. The molecule has 10 heteroatoms. The first-order chi connectivity index (χ1) is 14.4. The first-order valence-corrected chi connectivity index (χ1v) is 8.90. The molecule has 0 aromatic heterocycles. The summed E-state index contributed by atoms with van der Waals surface area (Å²) in [6, 6.07) is 12.2. The number of carbonyl (C=O) groups is 2. The molecule has 2 N–H and O–H groups in total. The van der Waals surface area contributed by atoms with Gasteiger partial charge in [0.1, 0.15) is 5.75 Å². The van der Waals surface area contributed by atoms with Crippen LogP contribution in [0.5, 0.6) is 5.75 Å². The smallest absolute Gasteiger partial charge is 0.329 e. The van der Waals surface area contributed by atoms with Gasteiger partial charge in [0, 0.05) is 24.9 Å². The second-order valence-electron chi connectivity index (χ2n) is 6.25. The third kappa shape index (κ3) is 4.71. The zero-order chi connectivity index (χ0) is 21.7. The average molecular weight is 421 g/mol. The van der Waals surface area contributed by atoms with Gasteiger partial charge in [-0.3, -0.25) is 19.8 Å². The number of anilines is 2. The minimum atomic E-state index is -3.25. The van der Waals surface area contributed by atoms with Crippen molar-refractivity contribution in [3.05, 3.63) is 60.2 Å². The van der Waals surface area contributed by atoms with E-state index in [9.17, 15) is 22.8 Å². The highest BCUT2D eigenvalue weighted by Gasteiger charge is 2.31. The number of nitrogens with zero attached hydrogens (tertiary/aromatic N) is 2. The predicted octanol–water partition coefficient (Wildman–Crippen LogP) is 3.59. The summed E-state index contributed by atoms with van der Waals surface area (Å²) < 4.78 is 42.0. The molecule has 2 aromatic carbocycles. The highest BCUT2D eigenvalue weighted by atomic mass is 19.3. The quantitative estimate of drug-likeness (QED) is 0.407. The fourth-order valence-electron chi connectivity index (χ4n) is 2.96. The summed E-state index contributed by atoms with van der Waals surface area (Å²) in [4.78, 5) is 27.2. The highest BCUT2D eigenvalue weighted by molar-refractivity contribution is 6.07. The Labute approximate surface area is 169 Å². The maximum atomic E-state index is 13.0. The van der Waals surface area contributed by atoms with Crippen molar-refractivity contribution in [2.45, 2.75) is 12.8 Å². The molecule has 0 aliphatic carbocycles. The summed E-state index contributed by atoms with van der Waals surface area (Å²) in [6.07, 6.45) is -3.37. The number of amides is 3. The maximum Gasteiger partial charge on any atom is 0.329 e. The van der Waals surface area contributed by atoms with Gasteiger partial charge in [-0.15, -0.1) is 0 Å². The van der Waals surface area contributed by atoms with E-state index in [4.69, 9.17) is 5.21 Å². The van der Waals surface area contributed by atoms with Crippen LogP contribution in [0.1, 0.15) is 5.56 Å². The second-order valence-corrected chi connectivity index (χ2v) is 6.25. The van der Waals surface area contributed by atoms with Gasteiger partial charge in [0.25, 0.3) is 12.3 Å². The first-order valence-electron chi connectivity index (χ1n) is 8.90. The molecule has 0 radical (unpaired) electrons. The van der Waals surface area contributed by atoms with Crippen molar-refractivity contribution in [1.29, 1.82) is 0 Å². The lowest BCUT2D eigenvalue weighted by molar-refractivity contribution is -0.124. The molecule has 0 bridgehead atoms. The van der Waals surface area contributed by atoms with Gasteiger partial charge < -0.3 is 4.74 Å². The molecule has 1 heterocycles. The molecule has 1 saturated heterocycles. The lowest BCUT2D eigenvalue weighted by Gasteiger charge is -2.20. The van der Waals surface area contributed by atoms with Gasteiger partial charge in [-0.1, -0.05) is 18.2 Å². The Morgan fingerprint density at radius 1 is 1.07 bits per heavy atom. The monoisotopic (exact) mass is 421 g/mol. The molecule has 1 unspecified atom stereocenters. The Kier molecular flexibility index (Phi) is 6.58. The minimum absolute atomic E-state index is 0.0762. The van der Waals surface area contributed by atoms with E-state index in [2.05, 4.69) is 4.74 Å². The van der Waals surface area contributed by atoms with E-state index in [0.717, 1.165) is 6.08 Å². The van der Waals surface area contributed by atoms with Crippen LogP contribution >= 0.6 is 0 Å². The van der Waals surface area contributed by atoms with E-state index < -0.39 is 18.7 Å². The molecule has 7 nitrogen and oxygen atoms in total. The van der Waals surface area contributed by atoms with Crippen LogP contribution in [0.4, 0.5) is 29.3 Å². The fraction of sp³-hybridized carbons (Fsp3) is 0.200. The van der Waals surface area contributed by atoms with Crippen LogP contribution in [0.15, 0.2) is 54.6 Å². The van der Waals surface area contributed by atoms with Crippen LogP contribution in [0, 0.1) is 0 Å². The second kappa shape index (κ2) is 9.31. The number of hydroxylamine groups is 1. The molecule has 0 spiro atoms. The zero-order valence-electron chi connectivity index (χ0n) is 15.5. The molecule has 1 aliphatic heterocycles. The summed E-state index contributed by atoms with van der Waals surface area (Å²) in [7, 11) is 0. The Morgan fingerprint density at radius 2 is 1.73 bits per heavy atom. The summed E-state index contributed by atoms with van der Waals surface area (Å²) in [5.74, 6) is -0.781. The van der Waals surface area contributed by atoms with Gasteiger partial charge in [0.05, 0.1) is 5.69 Å². The normalized spacial score (nSPS) is 15.2. The topological polar surface area (TPSA) is 82.1 Å². The molecular formula is C20H18F3N3O4. The molecule has 2 aromatic rings. The van der Waals surface area contributed by atoms with Crippen LogP contribution in [0.25, 0.3) is 6.08 Å². The van der Waals surface area contributed by atoms with Crippen LogP contribution in [-0.2, 0) is 4.79 Å². The van der Waals surface area contributed by atoms with Crippen molar-refractivity contribution in [3.63, 3.8) is 0 Å². The van der Waals surface area contributed by atoms with Crippen molar-refractivity contribution in [2.75, 3.05) is 22.9 Å². The van der Waals surface area contributed by atoms with E-state index >= 15 is 0 Å². The van der Waals surface area contributed by atoms with Crippen LogP contribution in [0.3, 0.4) is 0 Å². The highest BCUT2D eigenvalue weighted by Crippen LogP contribution is 2.29. The van der Waals surface area contributed by atoms with Crippen LogP contribution < -0.4 is 20.0 Å². The number of halogens is 3. The Morgan fingerprint density at radius 3 is 2.40 bits per heavy atom. The number of para-hydroxylation sites is 1. The van der Waals surface area contributed by atoms with Crippen molar-refractivity contribution in [3.8, 4) is 5.75 Å². The number of hydrogen-bond donors (Lipinski definition) is 2. The van der Waals surface area contributed by atoms with Crippen LogP contribution in [0.2, 0.25) is 0 Å². The molecule has 158 valence electrons. The number of carbonyl (C=O) groups excluding carboxylic acids is 2. The SMILES string of the molecule is O=C(/C=C/c1ccccc1N1CCN(c2ccc(OC(F)C(F)F)cc2)C1=O)NO. The molecule has 3 amide bonds. The molecular weight excluding hydrogens is 403 g/mol. The number of nitrogens with one attached hydrogen (secondary N) is 1. The third-order valence-electron chi connectivity index (χ3n) is 4.36. The van der Waals surface area contributed by atoms with Gasteiger partial charge in [-0.05, 0) is 42.0 Å². The van der Waals surface area contributed by atoms with Gasteiger partial charge >= 0.3 is 12.5 Å². The van der Waals surface area contributed by atoms with Gasteiger partial charge in [0.2, 0.25) is 0 Å². The Bertz CT molecular complexity index is 937. The van der Waals surface area contributed by atoms with Crippen molar-refractivity contribution in [1.82, 2.24) is 5.48 Å². The van der Waals surface area contributed by atoms with E-state index in [1.165, 1.54) is 45.6 Å². The van der Waals surface area contributed by atoms with E-state index in [-0.39, 0.29) is 11.8 Å². The average Bonchev–Trinajstić information content (AvgIpc) is 3.13. The first kappa shape index (κ1) is 21.2. The van der Waals surface area contributed by atoms with Gasteiger partial charge in [0.15, 0.2) is 0 Å². The van der Waals surface area contributed by atoms with Crippen LogP contribution in [-0.4, -0.2) is 43.0 Å². The largest absolute Gasteiger partial charge is 0.454 e. The number of urea groups is 1. The Hall–Kier alpha value is -3.53. The minimum Gasteiger partial charge on any atom is -0.454 e. The molecule has 1 atom stereocenters. The van der Waals surface area contributed by atoms with Gasteiger partial charge in [-0.2, -0.15) is 4.39 Å². The van der Waals surface area contributed by atoms with Crippen molar-refractivity contribution < 1.29 is 32.7 Å². The van der Waals surface area contributed by atoms with Crippen molar-refractivity contribution in [2.24, 2.45) is 0 Å². The summed E-state index contributed by atoms with van der Waals surface area (Å²) in [5, 5.41) is 8.60. The van der Waals surface area contributed by atoms with Gasteiger partial charge in [-0.25, -0.2) is 19.1 Å². The number of alkyl halides is 3. The molecule has 30 heavy (non-hydrogen) atoms. The maximum absolute atomic E-state index is 13.0. The molecule has 0 saturated carbocycles.